The minimum atomic E-state index is 0.634. The van der Waals surface area contributed by atoms with Crippen molar-refractivity contribution < 1.29 is 4.74 Å². The lowest BCUT2D eigenvalue weighted by Crippen LogP contribution is -2.44. The highest BCUT2D eigenvalue weighted by Crippen LogP contribution is 2.32. The SMILES string of the molecule is Cc1cc(N)c(Cl)cc1N1CCC(N2CCOCC2)C1. The Morgan fingerprint density at radius 3 is 2.75 bits per heavy atom. The Balaban J connectivity index is 1.72. The number of nitrogens with two attached hydrogens (primary N) is 1. The van der Waals surface area contributed by atoms with E-state index in [-0.39, 0.29) is 0 Å². The molecule has 110 valence electrons. The van der Waals surface area contributed by atoms with E-state index in [1.54, 1.807) is 0 Å². The third kappa shape index (κ3) is 2.73. The van der Waals surface area contributed by atoms with Gasteiger partial charge in [0.25, 0.3) is 0 Å². The second-order valence-corrected chi connectivity index (χ2v) is 6.10. The zero-order valence-corrected chi connectivity index (χ0v) is 12.7. The molecule has 20 heavy (non-hydrogen) atoms. The molecular formula is C15H22ClN3O. The van der Waals surface area contributed by atoms with Crippen molar-refractivity contribution in [3.05, 3.63) is 22.7 Å². The summed E-state index contributed by atoms with van der Waals surface area (Å²) in [6, 6.07) is 4.61. The maximum absolute atomic E-state index is 6.17. The maximum Gasteiger partial charge on any atom is 0.0656 e. The number of hydrogen-bond donors (Lipinski definition) is 1. The number of anilines is 2. The minimum absolute atomic E-state index is 0.634. The zero-order chi connectivity index (χ0) is 14.1. The maximum atomic E-state index is 6.17. The van der Waals surface area contributed by atoms with Gasteiger partial charge in [0.1, 0.15) is 0 Å². The van der Waals surface area contributed by atoms with Gasteiger partial charge in [-0.2, -0.15) is 0 Å². The molecule has 1 aromatic rings. The first kappa shape index (κ1) is 14.0. The second kappa shape index (κ2) is 5.80. The molecule has 1 unspecified atom stereocenters. The number of rotatable bonds is 2. The molecule has 2 aliphatic rings. The molecule has 0 aliphatic carbocycles. The minimum Gasteiger partial charge on any atom is -0.398 e. The highest BCUT2D eigenvalue weighted by atomic mass is 35.5. The smallest absolute Gasteiger partial charge is 0.0656 e. The second-order valence-electron chi connectivity index (χ2n) is 5.70. The van der Waals surface area contributed by atoms with E-state index in [2.05, 4.69) is 16.7 Å². The van der Waals surface area contributed by atoms with Crippen LogP contribution >= 0.6 is 11.6 Å². The molecule has 0 aromatic heterocycles. The summed E-state index contributed by atoms with van der Waals surface area (Å²) in [5.41, 5.74) is 8.95. The summed E-state index contributed by atoms with van der Waals surface area (Å²) < 4.78 is 5.43. The van der Waals surface area contributed by atoms with E-state index in [4.69, 9.17) is 22.1 Å². The van der Waals surface area contributed by atoms with Crippen LogP contribution < -0.4 is 10.6 Å². The first-order chi connectivity index (χ1) is 9.65. The van der Waals surface area contributed by atoms with E-state index in [0.29, 0.717) is 16.8 Å². The van der Waals surface area contributed by atoms with Crippen LogP contribution in [0.25, 0.3) is 0 Å². The molecule has 1 aromatic carbocycles. The van der Waals surface area contributed by atoms with Crippen LogP contribution in [0.5, 0.6) is 0 Å². The highest BCUT2D eigenvalue weighted by molar-refractivity contribution is 6.33. The van der Waals surface area contributed by atoms with Crippen LogP contribution in [-0.4, -0.2) is 50.3 Å². The van der Waals surface area contributed by atoms with Crippen molar-refractivity contribution in [1.29, 1.82) is 0 Å². The number of aryl methyl sites for hydroxylation is 1. The average molecular weight is 296 g/mol. The Bertz CT molecular complexity index is 488. The summed E-state index contributed by atoms with van der Waals surface area (Å²) in [6.07, 6.45) is 1.21. The van der Waals surface area contributed by atoms with E-state index in [1.807, 2.05) is 12.1 Å². The Hall–Kier alpha value is -0.970. The largest absolute Gasteiger partial charge is 0.398 e. The molecule has 2 fully saturated rings. The van der Waals surface area contributed by atoms with Crippen LogP contribution in [-0.2, 0) is 4.74 Å². The van der Waals surface area contributed by atoms with Gasteiger partial charge in [-0.15, -0.1) is 0 Å². The number of hydrogen-bond acceptors (Lipinski definition) is 4. The molecule has 2 N–H and O–H groups in total. The Morgan fingerprint density at radius 2 is 2.00 bits per heavy atom. The van der Waals surface area contributed by atoms with Crippen LogP contribution in [0.1, 0.15) is 12.0 Å². The predicted octanol–water partition coefficient (Wildman–Crippen LogP) is 2.14. The van der Waals surface area contributed by atoms with Gasteiger partial charge in [0.2, 0.25) is 0 Å². The molecule has 4 nitrogen and oxygen atoms in total. The van der Waals surface area contributed by atoms with Gasteiger partial charge >= 0.3 is 0 Å². The van der Waals surface area contributed by atoms with Gasteiger partial charge in [-0.05, 0) is 31.0 Å². The summed E-state index contributed by atoms with van der Waals surface area (Å²) in [5.74, 6) is 0. The van der Waals surface area contributed by atoms with Gasteiger partial charge in [-0.1, -0.05) is 11.6 Å². The summed E-state index contributed by atoms with van der Waals surface area (Å²) >= 11 is 6.17. The van der Waals surface area contributed by atoms with Crippen molar-refractivity contribution in [2.75, 3.05) is 50.0 Å². The molecule has 5 heteroatoms. The van der Waals surface area contributed by atoms with E-state index in [1.165, 1.54) is 17.7 Å². The third-order valence-electron chi connectivity index (χ3n) is 4.38. The average Bonchev–Trinajstić information content (AvgIpc) is 2.93. The Kier molecular flexibility index (Phi) is 4.06. The number of morpholine rings is 1. The van der Waals surface area contributed by atoms with Crippen molar-refractivity contribution in [3.63, 3.8) is 0 Å². The molecule has 0 amide bonds. The first-order valence-corrected chi connectivity index (χ1v) is 7.65. The lowest BCUT2D eigenvalue weighted by Gasteiger charge is -2.32. The lowest BCUT2D eigenvalue weighted by atomic mass is 10.1. The fourth-order valence-corrected chi connectivity index (χ4v) is 3.39. The molecule has 2 heterocycles. The normalized spacial score (nSPS) is 24.3. The number of ether oxygens (including phenoxy) is 1. The lowest BCUT2D eigenvalue weighted by molar-refractivity contribution is 0.0209. The van der Waals surface area contributed by atoms with Gasteiger partial charge < -0.3 is 15.4 Å². The summed E-state index contributed by atoms with van der Waals surface area (Å²) in [6.45, 7) is 8.10. The summed E-state index contributed by atoms with van der Waals surface area (Å²) in [5, 5.41) is 0.653. The van der Waals surface area contributed by atoms with Gasteiger partial charge in [-0.25, -0.2) is 0 Å². The molecule has 0 saturated carbocycles. The first-order valence-electron chi connectivity index (χ1n) is 7.27. The quantitative estimate of drug-likeness (QED) is 0.849. The van der Waals surface area contributed by atoms with Crippen molar-refractivity contribution in [3.8, 4) is 0 Å². The van der Waals surface area contributed by atoms with Gasteiger partial charge in [-0.3, -0.25) is 4.90 Å². The van der Waals surface area contributed by atoms with Crippen molar-refractivity contribution >= 4 is 23.0 Å². The molecular weight excluding hydrogens is 274 g/mol. The number of nitrogen functional groups attached to an aromatic ring is 1. The van der Waals surface area contributed by atoms with E-state index in [9.17, 15) is 0 Å². The standard InChI is InChI=1S/C15H22ClN3O/c1-11-8-14(17)13(16)9-15(11)19-3-2-12(10-19)18-4-6-20-7-5-18/h8-9,12H,2-7,10,17H2,1H3. The monoisotopic (exact) mass is 295 g/mol. The fourth-order valence-electron chi connectivity index (χ4n) is 3.24. The van der Waals surface area contributed by atoms with Crippen molar-refractivity contribution in [2.45, 2.75) is 19.4 Å². The highest BCUT2D eigenvalue weighted by Gasteiger charge is 2.29. The van der Waals surface area contributed by atoms with Gasteiger partial charge in [0.05, 0.1) is 23.9 Å². The van der Waals surface area contributed by atoms with Crippen molar-refractivity contribution in [2.24, 2.45) is 0 Å². The predicted molar refractivity (Wildman–Crippen MR) is 83.6 cm³/mol. The number of halogens is 1. The van der Waals surface area contributed by atoms with Crippen LogP contribution in [0, 0.1) is 6.92 Å². The molecule has 3 rings (SSSR count). The topological polar surface area (TPSA) is 41.7 Å². The molecule has 1 atom stereocenters. The van der Waals surface area contributed by atoms with Crippen LogP contribution in [0.4, 0.5) is 11.4 Å². The Morgan fingerprint density at radius 1 is 1.25 bits per heavy atom. The van der Waals surface area contributed by atoms with Gasteiger partial charge in [0, 0.05) is 37.9 Å². The molecule has 0 radical (unpaired) electrons. The molecule has 2 saturated heterocycles. The Labute approximate surface area is 125 Å². The summed E-state index contributed by atoms with van der Waals surface area (Å²) in [4.78, 5) is 4.98. The van der Waals surface area contributed by atoms with Crippen molar-refractivity contribution in [1.82, 2.24) is 4.90 Å². The zero-order valence-electron chi connectivity index (χ0n) is 11.9. The number of benzene rings is 1. The molecule has 2 aliphatic heterocycles. The third-order valence-corrected chi connectivity index (χ3v) is 4.71. The molecule has 0 bridgehead atoms. The fraction of sp³-hybridized carbons (Fsp3) is 0.600. The van der Waals surface area contributed by atoms with E-state index < -0.39 is 0 Å². The van der Waals surface area contributed by atoms with Crippen LogP contribution in [0.2, 0.25) is 5.02 Å². The molecule has 0 spiro atoms. The van der Waals surface area contributed by atoms with Gasteiger partial charge in [0.15, 0.2) is 0 Å². The number of nitrogens with zero attached hydrogens (tertiary/aromatic N) is 2. The van der Waals surface area contributed by atoms with Crippen LogP contribution in [0.3, 0.4) is 0 Å². The summed E-state index contributed by atoms with van der Waals surface area (Å²) in [7, 11) is 0. The van der Waals surface area contributed by atoms with Crippen LogP contribution in [0.15, 0.2) is 12.1 Å². The van der Waals surface area contributed by atoms with E-state index >= 15 is 0 Å². The van der Waals surface area contributed by atoms with E-state index in [0.717, 1.165) is 39.4 Å².